The zero-order valence-corrected chi connectivity index (χ0v) is 13.1. The Labute approximate surface area is 137 Å². The van der Waals surface area contributed by atoms with Crippen LogP contribution in [0.3, 0.4) is 0 Å². The number of allylic oxidation sites excluding steroid dienone is 2. The van der Waals surface area contributed by atoms with E-state index in [1.807, 2.05) is 0 Å². The van der Waals surface area contributed by atoms with Gasteiger partial charge in [-0.25, -0.2) is 18.0 Å². The van der Waals surface area contributed by atoms with E-state index in [4.69, 9.17) is 4.74 Å². The molecule has 0 aliphatic heterocycles. The Bertz CT molecular complexity index is 612. The zero-order chi connectivity index (χ0) is 17.9. The monoisotopic (exact) mass is 345 g/mol. The molecule has 0 radical (unpaired) electrons. The van der Waals surface area contributed by atoms with Crippen LogP contribution in [0.1, 0.15) is 19.3 Å². The first kappa shape index (κ1) is 18.4. The number of esters is 1. The Balaban J connectivity index is 2.17. The summed E-state index contributed by atoms with van der Waals surface area (Å²) in [5.41, 5.74) is -2.93. The van der Waals surface area contributed by atoms with Gasteiger partial charge in [0.05, 0.1) is 6.61 Å². The Morgan fingerprint density at radius 2 is 2.12 bits per heavy atom. The molecule has 0 aromatic rings. The number of methoxy groups -OCH3 is 1. The molecule has 0 amide bonds. The Morgan fingerprint density at radius 3 is 2.67 bits per heavy atom. The van der Waals surface area contributed by atoms with E-state index in [1.165, 1.54) is 0 Å². The number of hydrogen-bond acceptors (Lipinski definition) is 5. The van der Waals surface area contributed by atoms with Gasteiger partial charge >= 0.3 is 5.97 Å². The Morgan fingerprint density at radius 1 is 1.46 bits per heavy atom. The summed E-state index contributed by atoms with van der Waals surface area (Å²) in [6.07, 6.45) is 0.183. The van der Waals surface area contributed by atoms with Gasteiger partial charge < -0.3 is 9.47 Å². The van der Waals surface area contributed by atoms with Gasteiger partial charge in [-0.1, -0.05) is 6.58 Å². The van der Waals surface area contributed by atoms with E-state index in [-0.39, 0.29) is 19.1 Å². The number of carbonyl (C=O) groups excluding carboxylic acids is 2. The zero-order valence-electron chi connectivity index (χ0n) is 13.1. The summed E-state index contributed by atoms with van der Waals surface area (Å²) in [7, 11) is 1.04. The molecule has 24 heavy (non-hydrogen) atoms. The third kappa shape index (κ3) is 3.59. The van der Waals surface area contributed by atoms with Crippen LogP contribution in [0.4, 0.5) is 13.2 Å². The standard InChI is InChI=1S/C16H18F3NO4/c1-3-13(22)24-7-6-12(21)10-8-11(17)15(19)16(23-2,14(10)18)20-9-4-5-9/h3,8-9,14,20H,1,4-7H2,2H3. The van der Waals surface area contributed by atoms with Gasteiger partial charge in [0.1, 0.15) is 0 Å². The van der Waals surface area contributed by atoms with Crippen LogP contribution in [0.25, 0.3) is 0 Å². The molecule has 1 fully saturated rings. The summed E-state index contributed by atoms with van der Waals surface area (Å²) in [5, 5.41) is 2.59. The van der Waals surface area contributed by atoms with Crippen LogP contribution in [-0.4, -0.2) is 43.4 Å². The fourth-order valence-corrected chi connectivity index (χ4v) is 2.37. The highest BCUT2D eigenvalue weighted by atomic mass is 19.2. The molecule has 0 aromatic carbocycles. The SMILES string of the molecule is C=CC(=O)OCCC(=O)C1=CC(F)=C(F)C(NC2CC2)(OC)C1F. The molecule has 0 aromatic heterocycles. The minimum Gasteiger partial charge on any atom is -0.462 e. The van der Waals surface area contributed by atoms with Crippen molar-refractivity contribution >= 4 is 11.8 Å². The third-order valence-electron chi connectivity index (χ3n) is 3.83. The number of halogens is 3. The van der Waals surface area contributed by atoms with Crippen LogP contribution in [-0.2, 0) is 19.1 Å². The van der Waals surface area contributed by atoms with Crippen molar-refractivity contribution in [1.29, 1.82) is 0 Å². The predicted molar refractivity (Wildman–Crippen MR) is 78.9 cm³/mol. The number of carbonyl (C=O) groups is 2. The number of ether oxygens (including phenoxy) is 2. The lowest BCUT2D eigenvalue weighted by Gasteiger charge is -2.37. The highest BCUT2D eigenvalue weighted by Gasteiger charge is 2.53. The van der Waals surface area contributed by atoms with Gasteiger partial charge in [0.2, 0.25) is 5.72 Å². The summed E-state index contributed by atoms with van der Waals surface area (Å²) >= 11 is 0. The Kier molecular flexibility index (Phi) is 5.61. The summed E-state index contributed by atoms with van der Waals surface area (Å²) in [6, 6.07) is -0.204. The second-order valence-electron chi connectivity index (χ2n) is 5.53. The lowest BCUT2D eigenvalue weighted by Crippen LogP contribution is -2.58. The molecular formula is C16H18F3NO4. The third-order valence-corrected chi connectivity index (χ3v) is 3.83. The number of ketones is 1. The molecule has 132 valence electrons. The summed E-state index contributed by atoms with van der Waals surface area (Å²) in [5.74, 6) is -4.35. The van der Waals surface area contributed by atoms with Crippen molar-refractivity contribution in [3.8, 4) is 0 Å². The molecule has 0 bridgehead atoms. The number of nitrogens with one attached hydrogen (secondary N) is 1. The lowest BCUT2D eigenvalue weighted by atomic mass is 9.89. The van der Waals surface area contributed by atoms with Crippen LogP contribution in [0.5, 0.6) is 0 Å². The summed E-state index contributed by atoms with van der Waals surface area (Å²) in [6.45, 7) is 2.87. The van der Waals surface area contributed by atoms with Gasteiger partial charge in [-0.2, -0.15) is 0 Å². The smallest absolute Gasteiger partial charge is 0.330 e. The molecule has 2 aliphatic carbocycles. The van der Waals surface area contributed by atoms with Gasteiger partial charge in [-0.15, -0.1) is 0 Å². The molecule has 1 N–H and O–H groups in total. The first-order chi connectivity index (χ1) is 11.4. The van der Waals surface area contributed by atoms with Crippen LogP contribution in [0.2, 0.25) is 0 Å². The first-order valence-electron chi connectivity index (χ1n) is 7.42. The quantitative estimate of drug-likeness (QED) is 0.415. The van der Waals surface area contributed by atoms with E-state index in [0.717, 1.165) is 13.2 Å². The van der Waals surface area contributed by atoms with Crippen LogP contribution in [0, 0.1) is 0 Å². The highest BCUT2D eigenvalue weighted by Crippen LogP contribution is 2.40. The van der Waals surface area contributed by atoms with Gasteiger partial charge in [0.25, 0.3) is 0 Å². The molecule has 5 nitrogen and oxygen atoms in total. The first-order valence-corrected chi connectivity index (χ1v) is 7.42. The molecule has 2 rings (SSSR count). The maximum atomic E-state index is 14.8. The Hall–Kier alpha value is -1.93. The van der Waals surface area contributed by atoms with Crippen molar-refractivity contribution in [3.63, 3.8) is 0 Å². The second-order valence-corrected chi connectivity index (χ2v) is 5.53. The molecule has 2 unspecified atom stereocenters. The van der Waals surface area contributed by atoms with Crippen LogP contribution >= 0.6 is 0 Å². The van der Waals surface area contributed by atoms with E-state index < -0.39 is 40.9 Å². The van der Waals surface area contributed by atoms with E-state index in [9.17, 15) is 22.8 Å². The number of alkyl halides is 1. The summed E-state index contributed by atoms with van der Waals surface area (Å²) < 4.78 is 52.5. The van der Waals surface area contributed by atoms with Crippen LogP contribution in [0.15, 0.2) is 36.0 Å². The summed E-state index contributed by atoms with van der Waals surface area (Å²) in [4.78, 5) is 23.0. The predicted octanol–water partition coefficient (Wildman–Crippen LogP) is 2.20. The van der Waals surface area contributed by atoms with E-state index in [1.54, 1.807) is 0 Å². The van der Waals surface area contributed by atoms with Crippen molar-refractivity contribution in [2.45, 2.75) is 37.2 Å². The molecular weight excluding hydrogens is 327 g/mol. The average molecular weight is 345 g/mol. The van der Waals surface area contributed by atoms with Crippen molar-refractivity contribution in [2.24, 2.45) is 0 Å². The molecule has 0 spiro atoms. The number of Topliss-reactive ketones (excluding diaryl/α,β-unsaturated/α-hetero) is 1. The van der Waals surface area contributed by atoms with Crippen molar-refractivity contribution in [1.82, 2.24) is 5.32 Å². The fourth-order valence-electron chi connectivity index (χ4n) is 2.37. The largest absolute Gasteiger partial charge is 0.462 e. The average Bonchev–Trinajstić information content (AvgIpc) is 3.38. The minimum atomic E-state index is -2.36. The lowest BCUT2D eigenvalue weighted by molar-refractivity contribution is -0.138. The molecule has 0 heterocycles. The van der Waals surface area contributed by atoms with Crippen molar-refractivity contribution in [3.05, 3.63) is 36.0 Å². The van der Waals surface area contributed by atoms with Gasteiger partial charge in [-0.05, 0) is 18.9 Å². The highest BCUT2D eigenvalue weighted by molar-refractivity contribution is 5.97. The molecule has 2 aliphatic rings. The second kappa shape index (κ2) is 7.31. The minimum absolute atomic E-state index is 0.204. The van der Waals surface area contributed by atoms with Gasteiger partial charge in [0, 0.05) is 31.2 Å². The fraction of sp³-hybridized carbons (Fsp3) is 0.500. The van der Waals surface area contributed by atoms with Crippen molar-refractivity contribution in [2.75, 3.05) is 13.7 Å². The van der Waals surface area contributed by atoms with E-state index in [2.05, 4.69) is 16.6 Å². The van der Waals surface area contributed by atoms with Crippen LogP contribution < -0.4 is 5.32 Å². The molecule has 0 saturated heterocycles. The molecule has 2 atom stereocenters. The van der Waals surface area contributed by atoms with Gasteiger partial charge in [0.15, 0.2) is 23.6 Å². The maximum Gasteiger partial charge on any atom is 0.330 e. The van der Waals surface area contributed by atoms with Gasteiger partial charge in [-0.3, -0.25) is 10.1 Å². The number of hydrogen-bond donors (Lipinski definition) is 1. The molecule has 1 saturated carbocycles. The normalized spacial score (nSPS) is 26.8. The van der Waals surface area contributed by atoms with E-state index >= 15 is 0 Å². The molecule has 8 heteroatoms. The van der Waals surface area contributed by atoms with Crippen molar-refractivity contribution < 1.29 is 32.2 Å². The maximum absolute atomic E-state index is 14.8. The van der Waals surface area contributed by atoms with E-state index in [0.29, 0.717) is 18.9 Å². The topological polar surface area (TPSA) is 64.6 Å². The number of rotatable bonds is 8.